The van der Waals surface area contributed by atoms with Crippen LogP contribution >= 0.6 is 0 Å². The van der Waals surface area contributed by atoms with Crippen molar-refractivity contribution in [3.63, 3.8) is 0 Å². The highest BCUT2D eigenvalue weighted by molar-refractivity contribution is 7.88. The average Bonchev–Trinajstić information content (AvgIpc) is 2.74. The van der Waals surface area contributed by atoms with E-state index in [4.69, 9.17) is 4.43 Å². The molecule has 0 heterocycles. The minimum absolute atomic E-state index is 0.130. The molecule has 1 aromatic carbocycles. The second kappa shape index (κ2) is 10.9. The van der Waals surface area contributed by atoms with Gasteiger partial charge in [-0.2, -0.15) is 26.3 Å². The molecule has 0 spiro atoms. The minimum Gasteiger partial charge on any atom is -0.396 e. The molecule has 2 rings (SSSR count). The first kappa shape index (κ1) is 29.1. The molecular weight excluding hydrogens is 500 g/mol. The lowest BCUT2D eigenvalue weighted by Gasteiger charge is -2.49. The summed E-state index contributed by atoms with van der Waals surface area (Å²) in [7, 11) is -7.11. The summed E-state index contributed by atoms with van der Waals surface area (Å²) in [6.45, 7) is 4.74. The first-order chi connectivity index (χ1) is 15.7. The van der Waals surface area contributed by atoms with Crippen LogP contribution < -0.4 is 4.72 Å². The monoisotopic (exact) mass is 533 g/mol. The normalized spacial score (nSPS) is 21.0. The van der Waals surface area contributed by atoms with Crippen molar-refractivity contribution in [2.75, 3.05) is 0 Å². The Morgan fingerprint density at radius 1 is 0.882 bits per heavy atom. The number of rotatable bonds is 10. The first-order valence-corrected chi connectivity index (χ1v) is 15.7. The van der Waals surface area contributed by atoms with Crippen molar-refractivity contribution in [1.82, 2.24) is 4.72 Å². The highest BCUT2D eigenvalue weighted by Gasteiger charge is 2.76. The zero-order chi connectivity index (χ0) is 25.8. The second-order valence-electron chi connectivity index (χ2n) is 8.99. The fraction of sp³-hybridized carbons (Fsp3) is 0.727. The van der Waals surface area contributed by atoms with Gasteiger partial charge in [0.25, 0.3) is 5.60 Å². The molecular formula is C22H33F6NO3SSi. The molecule has 0 aromatic heterocycles. The van der Waals surface area contributed by atoms with E-state index in [1.807, 2.05) is 0 Å². The van der Waals surface area contributed by atoms with Crippen molar-refractivity contribution in [3.05, 3.63) is 35.9 Å². The van der Waals surface area contributed by atoms with Gasteiger partial charge in [-0.3, -0.25) is 0 Å². The Morgan fingerprint density at radius 3 is 1.76 bits per heavy atom. The lowest BCUT2D eigenvalue weighted by Crippen LogP contribution is -2.68. The lowest BCUT2D eigenvalue weighted by molar-refractivity contribution is -0.380. The zero-order valence-corrected chi connectivity index (χ0v) is 21.4. The molecule has 0 radical (unpaired) electrons. The number of alkyl halides is 6. The zero-order valence-electron chi connectivity index (χ0n) is 19.6. The van der Waals surface area contributed by atoms with Gasteiger partial charge < -0.3 is 4.43 Å². The Balaban J connectivity index is 2.26. The molecule has 0 atom stereocenters. The lowest BCUT2D eigenvalue weighted by atomic mass is 9.74. The molecule has 1 aromatic rings. The number of halogens is 6. The topological polar surface area (TPSA) is 55.4 Å². The third-order valence-electron chi connectivity index (χ3n) is 7.00. The largest absolute Gasteiger partial charge is 0.425 e. The fourth-order valence-electron chi connectivity index (χ4n) is 4.84. The van der Waals surface area contributed by atoms with E-state index in [9.17, 15) is 34.8 Å². The van der Waals surface area contributed by atoms with E-state index in [1.54, 1.807) is 51.1 Å². The number of benzene rings is 1. The maximum Gasteiger partial charge on any atom is 0.425 e. The van der Waals surface area contributed by atoms with Crippen LogP contribution in [0.5, 0.6) is 0 Å². The Bertz CT molecular complexity index is 858. The molecule has 1 aliphatic rings. The molecule has 0 aliphatic heterocycles. The summed E-state index contributed by atoms with van der Waals surface area (Å²) in [5.41, 5.74) is -3.72. The third-order valence-corrected chi connectivity index (χ3v) is 13.0. The Kier molecular flexibility index (Phi) is 9.31. The van der Waals surface area contributed by atoms with Gasteiger partial charge in [-0.25, -0.2) is 13.1 Å². The molecule has 34 heavy (non-hydrogen) atoms. The Hall–Kier alpha value is -1.11. The van der Waals surface area contributed by atoms with E-state index in [-0.39, 0.29) is 36.7 Å². The van der Waals surface area contributed by atoms with Gasteiger partial charge >= 0.3 is 12.4 Å². The van der Waals surface area contributed by atoms with E-state index in [2.05, 4.69) is 4.72 Å². The molecule has 0 amide bonds. The first-order valence-electron chi connectivity index (χ1n) is 11.5. The quantitative estimate of drug-likeness (QED) is 0.274. The van der Waals surface area contributed by atoms with E-state index in [0.29, 0.717) is 5.56 Å². The van der Waals surface area contributed by atoms with Crippen molar-refractivity contribution in [3.8, 4) is 0 Å². The van der Waals surface area contributed by atoms with Crippen LogP contribution in [-0.2, 0) is 20.2 Å². The third kappa shape index (κ3) is 6.36. The smallest absolute Gasteiger partial charge is 0.396 e. The van der Waals surface area contributed by atoms with Gasteiger partial charge in [-0.05, 0) is 49.4 Å². The summed E-state index contributed by atoms with van der Waals surface area (Å²) < 4.78 is 118. The fourth-order valence-corrected chi connectivity index (χ4v) is 9.31. The number of sulfonamides is 1. The SMILES string of the molecule is CC[Si](CC)(CC)OC(C1CCC(NS(=O)(=O)Cc2ccccc2)CC1)(C(F)(F)F)C(F)(F)F. The van der Waals surface area contributed by atoms with Crippen LogP contribution in [0.25, 0.3) is 0 Å². The van der Waals surface area contributed by atoms with E-state index >= 15 is 0 Å². The van der Waals surface area contributed by atoms with Crippen molar-refractivity contribution in [2.24, 2.45) is 5.92 Å². The molecule has 0 unspecified atom stereocenters. The molecule has 4 nitrogen and oxygen atoms in total. The summed E-state index contributed by atoms with van der Waals surface area (Å²) >= 11 is 0. The summed E-state index contributed by atoms with van der Waals surface area (Å²) in [5, 5.41) is 0. The molecule has 12 heteroatoms. The van der Waals surface area contributed by atoms with Crippen molar-refractivity contribution < 1.29 is 39.2 Å². The van der Waals surface area contributed by atoms with Crippen LogP contribution in [0.3, 0.4) is 0 Å². The van der Waals surface area contributed by atoms with Crippen LogP contribution in [0.15, 0.2) is 30.3 Å². The van der Waals surface area contributed by atoms with E-state index in [1.165, 1.54) is 0 Å². The summed E-state index contributed by atoms with van der Waals surface area (Å²) in [5.74, 6) is -2.15. The highest BCUT2D eigenvalue weighted by atomic mass is 32.2. The standard InChI is InChI=1S/C22H33F6NO3SSi/c1-4-34(5-2,6-3)32-20(21(23,24)25,22(26,27)28)18-12-14-19(15-13-18)29-33(30,31)16-17-10-8-7-9-11-17/h7-11,18-19,29H,4-6,12-16H2,1-3H3. The molecule has 0 bridgehead atoms. The minimum atomic E-state index is -5.65. The van der Waals surface area contributed by atoms with Gasteiger partial charge in [0.15, 0.2) is 8.32 Å². The summed E-state index contributed by atoms with van der Waals surface area (Å²) in [6, 6.07) is 8.03. The van der Waals surface area contributed by atoms with Gasteiger partial charge in [-0.1, -0.05) is 51.1 Å². The van der Waals surface area contributed by atoms with Gasteiger partial charge in [0.1, 0.15) is 0 Å². The van der Waals surface area contributed by atoms with E-state index in [0.717, 1.165) is 0 Å². The van der Waals surface area contributed by atoms with Gasteiger partial charge in [0.05, 0.1) is 5.75 Å². The highest BCUT2D eigenvalue weighted by Crippen LogP contribution is 2.56. The van der Waals surface area contributed by atoms with Crippen LogP contribution in [0.1, 0.15) is 52.0 Å². The Labute approximate surface area is 198 Å². The van der Waals surface area contributed by atoms with Gasteiger partial charge in [0, 0.05) is 12.0 Å². The average molecular weight is 534 g/mol. The van der Waals surface area contributed by atoms with Crippen molar-refractivity contribution in [1.29, 1.82) is 0 Å². The summed E-state index contributed by atoms with van der Waals surface area (Å²) in [6.07, 6.45) is -12.4. The summed E-state index contributed by atoms with van der Waals surface area (Å²) in [4.78, 5) is 0. The Morgan fingerprint density at radius 2 is 1.35 bits per heavy atom. The van der Waals surface area contributed by atoms with Crippen molar-refractivity contribution in [2.45, 2.75) is 94.3 Å². The molecule has 0 saturated heterocycles. The molecule has 1 fully saturated rings. The molecule has 1 N–H and O–H groups in total. The van der Waals surface area contributed by atoms with E-state index < -0.39 is 61.1 Å². The molecule has 1 saturated carbocycles. The van der Waals surface area contributed by atoms with Crippen LogP contribution in [0.2, 0.25) is 18.1 Å². The predicted octanol–water partition coefficient (Wildman–Crippen LogP) is 6.55. The maximum absolute atomic E-state index is 14.3. The number of hydrogen-bond acceptors (Lipinski definition) is 3. The second-order valence-corrected chi connectivity index (χ2v) is 15.4. The molecule has 1 aliphatic carbocycles. The number of hydrogen-bond donors (Lipinski definition) is 1. The molecule has 196 valence electrons. The van der Waals surface area contributed by atoms with Crippen LogP contribution in [-0.4, -0.2) is 40.7 Å². The predicted molar refractivity (Wildman–Crippen MR) is 121 cm³/mol. The van der Waals surface area contributed by atoms with Gasteiger partial charge in [0.2, 0.25) is 10.0 Å². The number of nitrogens with one attached hydrogen (secondary N) is 1. The van der Waals surface area contributed by atoms with Gasteiger partial charge in [-0.15, -0.1) is 0 Å². The van der Waals surface area contributed by atoms with Crippen molar-refractivity contribution >= 4 is 18.3 Å². The van der Waals surface area contributed by atoms with Crippen LogP contribution in [0, 0.1) is 5.92 Å². The van der Waals surface area contributed by atoms with Crippen LogP contribution in [0.4, 0.5) is 26.3 Å². The maximum atomic E-state index is 14.3.